The van der Waals surface area contributed by atoms with Gasteiger partial charge in [-0.15, -0.1) is 0 Å². The van der Waals surface area contributed by atoms with E-state index in [9.17, 15) is 4.79 Å². The van der Waals surface area contributed by atoms with Crippen LogP contribution in [0, 0.1) is 0 Å². The van der Waals surface area contributed by atoms with Crippen molar-refractivity contribution in [3.05, 3.63) is 60.6 Å². The number of benzene rings is 1. The van der Waals surface area contributed by atoms with Gasteiger partial charge in [-0.05, 0) is 0 Å². The minimum absolute atomic E-state index is 0.487. The number of nitrogens with zero attached hydrogens (tertiary/aromatic N) is 5. The molecule has 1 saturated heterocycles. The fourth-order valence-electron chi connectivity index (χ4n) is 3.16. The summed E-state index contributed by atoms with van der Waals surface area (Å²) in [5.41, 5.74) is 2.92. The van der Waals surface area contributed by atoms with E-state index in [4.69, 9.17) is 10.1 Å². The Balaban J connectivity index is 1.51. The normalized spacial score (nSPS) is 14.6. The van der Waals surface area contributed by atoms with Gasteiger partial charge in [-0.1, -0.05) is 30.3 Å². The predicted molar refractivity (Wildman–Crippen MR) is 97.1 cm³/mol. The van der Waals surface area contributed by atoms with Crippen LogP contribution in [-0.4, -0.2) is 52.2 Å². The highest BCUT2D eigenvalue weighted by atomic mass is 16.4. The van der Waals surface area contributed by atoms with Crippen molar-refractivity contribution in [3.8, 4) is 0 Å². The zero-order valence-corrected chi connectivity index (χ0v) is 14.3. The number of fused-ring (bicyclic) bond motifs is 1. The number of piperazine rings is 1. The number of aromatic nitrogens is 3. The van der Waals surface area contributed by atoms with Crippen molar-refractivity contribution in [2.45, 2.75) is 6.54 Å². The molecule has 1 N–H and O–H groups in total. The molecule has 4 rings (SSSR count). The first-order chi connectivity index (χ1) is 12.7. The molecule has 0 aliphatic carbocycles. The first-order valence-corrected chi connectivity index (χ1v) is 8.62. The Morgan fingerprint density at radius 2 is 1.85 bits per heavy atom. The lowest BCUT2D eigenvalue weighted by Gasteiger charge is -2.33. The Kier molecular flexibility index (Phi) is 4.35. The van der Waals surface area contributed by atoms with Crippen molar-refractivity contribution in [2.75, 3.05) is 31.1 Å². The molecule has 132 valence electrons. The van der Waals surface area contributed by atoms with Crippen molar-refractivity contribution in [1.29, 1.82) is 0 Å². The molecule has 1 aliphatic rings. The van der Waals surface area contributed by atoms with Crippen LogP contribution >= 0.6 is 0 Å². The molecule has 0 bridgehead atoms. The van der Waals surface area contributed by atoms with E-state index < -0.39 is 6.09 Å². The van der Waals surface area contributed by atoms with E-state index in [1.807, 2.05) is 36.7 Å². The second kappa shape index (κ2) is 6.95. The summed E-state index contributed by atoms with van der Waals surface area (Å²) < 4.78 is 2.09. The van der Waals surface area contributed by atoms with Crippen molar-refractivity contribution >= 4 is 22.9 Å². The fourth-order valence-corrected chi connectivity index (χ4v) is 3.16. The van der Waals surface area contributed by atoms with Gasteiger partial charge >= 0.3 is 6.09 Å². The Morgan fingerprint density at radius 1 is 1.08 bits per heavy atom. The largest absolute Gasteiger partial charge is 0.465 e. The molecule has 7 nitrogen and oxygen atoms in total. The molecule has 1 fully saturated rings. The Hall–Kier alpha value is -3.22. The van der Waals surface area contributed by atoms with Gasteiger partial charge in [0.1, 0.15) is 11.3 Å². The Labute approximate surface area is 151 Å². The molecule has 0 spiro atoms. The summed E-state index contributed by atoms with van der Waals surface area (Å²) in [7, 11) is 0. The highest BCUT2D eigenvalue weighted by Gasteiger charge is 2.21. The van der Waals surface area contributed by atoms with Crippen LogP contribution in [0.3, 0.4) is 0 Å². The van der Waals surface area contributed by atoms with Crippen LogP contribution in [0.2, 0.25) is 0 Å². The molecular weight excluding hydrogens is 330 g/mol. The van der Waals surface area contributed by atoms with E-state index in [1.165, 1.54) is 10.5 Å². The molecule has 0 unspecified atom stereocenters. The van der Waals surface area contributed by atoms with Gasteiger partial charge in [0, 0.05) is 37.8 Å². The van der Waals surface area contributed by atoms with Gasteiger partial charge in [-0.2, -0.15) is 4.57 Å². The van der Waals surface area contributed by atoms with E-state index in [1.54, 1.807) is 6.20 Å². The van der Waals surface area contributed by atoms with Gasteiger partial charge in [-0.3, -0.25) is 0 Å². The minimum Gasteiger partial charge on any atom is -0.465 e. The SMILES string of the molecule is O=C(O)N1CCN(c2cnc3c[n+](Cc4ccccc4)ccc3n2)CC1. The molecule has 0 atom stereocenters. The van der Waals surface area contributed by atoms with E-state index in [0.717, 1.165) is 23.4 Å². The highest BCUT2D eigenvalue weighted by molar-refractivity contribution is 5.73. The van der Waals surface area contributed by atoms with Crippen LogP contribution in [-0.2, 0) is 6.54 Å². The molecule has 0 radical (unpaired) electrons. The van der Waals surface area contributed by atoms with Gasteiger partial charge in [-0.25, -0.2) is 14.8 Å². The molecule has 1 aromatic carbocycles. The van der Waals surface area contributed by atoms with Crippen molar-refractivity contribution in [2.24, 2.45) is 0 Å². The van der Waals surface area contributed by atoms with Crippen molar-refractivity contribution < 1.29 is 14.5 Å². The molecule has 3 heterocycles. The number of hydrogen-bond donors (Lipinski definition) is 1. The smallest absolute Gasteiger partial charge is 0.407 e. The fraction of sp³-hybridized carbons (Fsp3) is 0.263. The van der Waals surface area contributed by atoms with Gasteiger partial charge in [0.25, 0.3) is 0 Å². The number of pyridine rings is 1. The van der Waals surface area contributed by atoms with Crippen LogP contribution < -0.4 is 9.47 Å². The minimum atomic E-state index is -0.864. The average Bonchev–Trinajstić information content (AvgIpc) is 2.68. The lowest BCUT2D eigenvalue weighted by atomic mass is 10.2. The summed E-state index contributed by atoms with van der Waals surface area (Å²) >= 11 is 0. The maximum Gasteiger partial charge on any atom is 0.407 e. The maximum absolute atomic E-state index is 11.0. The molecule has 1 aliphatic heterocycles. The lowest BCUT2D eigenvalue weighted by molar-refractivity contribution is -0.687. The van der Waals surface area contributed by atoms with Crippen LogP contribution in [0.25, 0.3) is 11.0 Å². The third kappa shape index (κ3) is 3.42. The van der Waals surface area contributed by atoms with Crippen molar-refractivity contribution in [1.82, 2.24) is 14.9 Å². The summed E-state index contributed by atoms with van der Waals surface area (Å²) in [5, 5.41) is 9.05. The topological polar surface area (TPSA) is 73.4 Å². The number of hydrogen-bond acceptors (Lipinski definition) is 4. The number of carbonyl (C=O) groups is 1. The molecule has 26 heavy (non-hydrogen) atoms. The molecular formula is C19H20N5O2+. The van der Waals surface area contributed by atoms with Crippen molar-refractivity contribution in [3.63, 3.8) is 0 Å². The van der Waals surface area contributed by atoms with Gasteiger partial charge in [0.05, 0.1) is 6.20 Å². The van der Waals surface area contributed by atoms with Gasteiger partial charge in [0.15, 0.2) is 24.5 Å². The van der Waals surface area contributed by atoms with Crippen LogP contribution in [0.5, 0.6) is 0 Å². The highest BCUT2D eigenvalue weighted by Crippen LogP contribution is 2.16. The average molecular weight is 350 g/mol. The van der Waals surface area contributed by atoms with E-state index in [2.05, 4.69) is 26.6 Å². The first kappa shape index (κ1) is 16.3. The second-order valence-corrected chi connectivity index (χ2v) is 6.36. The third-order valence-corrected chi connectivity index (χ3v) is 4.61. The van der Waals surface area contributed by atoms with Crippen LogP contribution in [0.4, 0.5) is 10.6 Å². The molecule has 2 aromatic heterocycles. The lowest BCUT2D eigenvalue weighted by Crippen LogP contribution is -2.48. The second-order valence-electron chi connectivity index (χ2n) is 6.36. The van der Waals surface area contributed by atoms with Gasteiger partial charge in [0.2, 0.25) is 0 Å². The molecule has 7 heteroatoms. The maximum atomic E-state index is 11.0. The van der Waals surface area contributed by atoms with Crippen LogP contribution in [0.1, 0.15) is 5.56 Å². The molecule has 0 saturated carbocycles. The number of rotatable bonds is 3. The summed E-state index contributed by atoms with van der Waals surface area (Å²) in [6, 6.07) is 12.3. The van der Waals surface area contributed by atoms with E-state index in [0.29, 0.717) is 26.2 Å². The summed E-state index contributed by atoms with van der Waals surface area (Å²) in [4.78, 5) is 23.8. The first-order valence-electron chi connectivity index (χ1n) is 8.62. The van der Waals surface area contributed by atoms with Crippen LogP contribution in [0.15, 0.2) is 55.0 Å². The third-order valence-electron chi connectivity index (χ3n) is 4.61. The Bertz CT molecular complexity index is 924. The summed E-state index contributed by atoms with van der Waals surface area (Å²) in [6.45, 7) is 3.03. The molecule has 1 amide bonds. The zero-order valence-electron chi connectivity index (χ0n) is 14.3. The van der Waals surface area contributed by atoms with E-state index in [-0.39, 0.29) is 0 Å². The molecule has 3 aromatic rings. The monoisotopic (exact) mass is 350 g/mol. The predicted octanol–water partition coefficient (Wildman–Crippen LogP) is 1.77. The number of carboxylic acid groups (broad SMARTS) is 1. The quantitative estimate of drug-likeness (QED) is 0.729. The number of amides is 1. The standard InChI is InChI=1S/C19H19N5O2/c25-19(26)24-10-8-23(9-11-24)18-12-20-17-14-22(7-6-16(17)21-18)13-15-4-2-1-3-5-15/h1-7,12,14H,8-11,13H2/p+1. The summed E-state index contributed by atoms with van der Waals surface area (Å²) in [5.74, 6) is 0.795. The zero-order chi connectivity index (χ0) is 17.9. The number of anilines is 1. The Morgan fingerprint density at radius 3 is 2.58 bits per heavy atom. The van der Waals surface area contributed by atoms with E-state index >= 15 is 0 Å². The summed E-state index contributed by atoms with van der Waals surface area (Å²) in [6.07, 6.45) is 4.92. The van der Waals surface area contributed by atoms with Gasteiger partial charge < -0.3 is 14.9 Å².